The second-order valence-electron chi connectivity index (χ2n) is 7.46. The van der Waals surface area contributed by atoms with Crippen LogP contribution < -0.4 is 20.1 Å². The number of aromatic nitrogens is 3. The van der Waals surface area contributed by atoms with E-state index in [1.54, 1.807) is 31.4 Å². The van der Waals surface area contributed by atoms with E-state index in [4.69, 9.17) is 14.5 Å². The lowest BCUT2D eigenvalue weighted by atomic mass is 10.2. The highest BCUT2D eigenvalue weighted by molar-refractivity contribution is 5.99. The number of nitrogens with one attached hydrogen (secondary N) is 2. The van der Waals surface area contributed by atoms with Crippen LogP contribution in [0.2, 0.25) is 0 Å². The second-order valence-corrected chi connectivity index (χ2v) is 7.46. The van der Waals surface area contributed by atoms with E-state index >= 15 is 0 Å². The number of nitrogens with zero attached hydrogens (tertiary/aromatic N) is 3. The molecule has 9 nitrogen and oxygen atoms in total. The fourth-order valence-electron chi connectivity index (χ4n) is 3.72. The molecule has 2 aromatic carbocycles. The molecule has 0 aliphatic rings. The van der Waals surface area contributed by atoms with Crippen LogP contribution in [0, 0.1) is 0 Å². The number of hydrogen-bond acceptors (Lipinski definition) is 5. The molecule has 0 saturated heterocycles. The summed E-state index contributed by atoms with van der Waals surface area (Å²) in [6.07, 6.45) is 1.71. The number of hydrogen-bond donors (Lipinski definition) is 2. The molecule has 0 bridgehead atoms. The Hall–Kier alpha value is -4.27. The number of amides is 2. The molecule has 170 valence electrons. The number of benzene rings is 2. The van der Waals surface area contributed by atoms with Crippen molar-refractivity contribution in [3.8, 4) is 23.0 Å². The monoisotopic (exact) mass is 447 g/mol. The molecule has 0 unspecified atom stereocenters. The molecule has 9 heteroatoms. The Labute approximate surface area is 190 Å². The first kappa shape index (κ1) is 21.9. The average Bonchev–Trinajstić information content (AvgIpc) is 3.33. The molecule has 0 atom stereocenters. The molecule has 0 saturated carbocycles. The molecule has 4 rings (SSSR count). The molecule has 0 spiro atoms. The van der Waals surface area contributed by atoms with Crippen LogP contribution >= 0.6 is 0 Å². The fraction of sp³-hybridized carbons (Fsp3) is 0.208. The first-order valence-corrected chi connectivity index (χ1v) is 10.3. The maximum absolute atomic E-state index is 12.3. The van der Waals surface area contributed by atoms with Crippen molar-refractivity contribution in [1.82, 2.24) is 19.4 Å². The average molecular weight is 447 g/mol. The minimum Gasteiger partial charge on any atom is -0.494 e. The van der Waals surface area contributed by atoms with Crippen molar-refractivity contribution >= 4 is 28.5 Å². The zero-order valence-corrected chi connectivity index (χ0v) is 18.9. The van der Waals surface area contributed by atoms with Crippen LogP contribution in [0.4, 0.5) is 5.69 Å². The third kappa shape index (κ3) is 4.25. The Morgan fingerprint density at radius 1 is 1.09 bits per heavy atom. The van der Waals surface area contributed by atoms with Gasteiger partial charge in [0.25, 0.3) is 11.8 Å². The van der Waals surface area contributed by atoms with E-state index in [0.29, 0.717) is 39.8 Å². The summed E-state index contributed by atoms with van der Waals surface area (Å²) in [7, 11) is 6.83. The van der Waals surface area contributed by atoms with Crippen molar-refractivity contribution in [2.24, 2.45) is 14.1 Å². The van der Waals surface area contributed by atoms with Gasteiger partial charge in [0.1, 0.15) is 11.4 Å². The predicted molar refractivity (Wildman–Crippen MR) is 126 cm³/mol. The van der Waals surface area contributed by atoms with E-state index in [0.717, 1.165) is 5.52 Å². The number of carbonyl (C=O) groups is 2. The molecule has 2 N–H and O–H groups in total. The van der Waals surface area contributed by atoms with Gasteiger partial charge in [-0.3, -0.25) is 9.59 Å². The standard InChI is InChI=1S/C24H25N5O4/c1-25-24(31)17-13-28(2)21(22(17)32-4)23-27-18-12-15(10-11-19(18)29(23)3)26-20(30)14-33-16-8-6-5-7-9-16/h5-13H,14H2,1-4H3,(H,25,31)(H,26,30). The Balaban J connectivity index is 1.61. The lowest BCUT2D eigenvalue weighted by Crippen LogP contribution is -2.20. The molecular formula is C24H25N5O4. The highest BCUT2D eigenvalue weighted by atomic mass is 16.5. The lowest BCUT2D eigenvalue weighted by molar-refractivity contribution is -0.118. The van der Waals surface area contributed by atoms with Crippen molar-refractivity contribution in [2.75, 3.05) is 26.1 Å². The molecule has 0 aliphatic heterocycles. The van der Waals surface area contributed by atoms with Crippen LogP contribution in [0.5, 0.6) is 11.5 Å². The molecular weight excluding hydrogens is 422 g/mol. The van der Waals surface area contributed by atoms with E-state index in [2.05, 4.69) is 10.6 Å². The Kier molecular flexibility index (Phi) is 6.03. The number of ether oxygens (including phenoxy) is 2. The first-order chi connectivity index (χ1) is 15.9. The largest absolute Gasteiger partial charge is 0.494 e. The van der Waals surface area contributed by atoms with Crippen LogP contribution in [0.25, 0.3) is 22.6 Å². The zero-order valence-electron chi connectivity index (χ0n) is 18.9. The summed E-state index contributed by atoms with van der Waals surface area (Å²) in [6, 6.07) is 14.7. The Bertz CT molecular complexity index is 1320. The van der Waals surface area contributed by atoms with Gasteiger partial charge in [-0.2, -0.15) is 0 Å². The smallest absolute Gasteiger partial charge is 0.262 e. The second kappa shape index (κ2) is 9.07. The molecule has 0 radical (unpaired) electrons. The molecule has 33 heavy (non-hydrogen) atoms. The first-order valence-electron chi connectivity index (χ1n) is 10.3. The van der Waals surface area contributed by atoms with Gasteiger partial charge in [0.2, 0.25) is 0 Å². The van der Waals surface area contributed by atoms with Crippen LogP contribution in [-0.2, 0) is 18.9 Å². The SMILES string of the molecule is CNC(=O)c1cn(C)c(-c2nc3cc(NC(=O)COc4ccccc4)ccc3n2C)c1OC. The summed E-state index contributed by atoms with van der Waals surface area (Å²) in [6.45, 7) is -0.0989. The van der Waals surface area contributed by atoms with E-state index in [-0.39, 0.29) is 18.4 Å². The van der Waals surface area contributed by atoms with Crippen molar-refractivity contribution in [2.45, 2.75) is 0 Å². The van der Waals surface area contributed by atoms with Crippen molar-refractivity contribution in [3.05, 3.63) is 60.3 Å². The molecule has 0 aliphatic carbocycles. The number of para-hydroxylation sites is 1. The van der Waals surface area contributed by atoms with Gasteiger partial charge in [0.05, 0.1) is 23.7 Å². The summed E-state index contributed by atoms with van der Waals surface area (Å²) < 4.78 is 14.8. The third-order valence-electron chi connectivity index (χ3n) is 5.30. The number of carbonyl (C=O) groups excluding carboxylic acids is 2. The van der Waals surface area contributed by atoms with Gasteiger partial charge in [-0.1, -0.05) is 18.2 Å². The fourth-order valence-corrected chi connectivity index (χ4v) is 3.72. The maximum atomic E-state index is 12.3. The molecule has 0 fully saturated rings. The van der Waals surface area contributed by atoms with Gasteiger partial charge < -0.3 is 29.2 Å². The number of rotatable bonds is 7. The van der Waals surface area contributed by atoms with Gasteiger partial charge in [-0.05, 0) is 30.3 Å². The van der Waals surface area contributed by atoms with E-state index in [1.165, 1.54) is 7.11 Å². The number of imidazole rings is 1. The van der Waals surface area contributed by atoms with Crippen LogP contribution in [-0.4, -0.2) is 46.7 Å². The minimum absolute atomic E-state index is 0.0989. The van der Waals surface area contributed by atoms with Crippen molar-refractivity contribution < 1.29 is 19.1 Å². The highest BCUT2D eigenvalue weighted by Crippen LogP contribution is 2.35. The van der Waals surface area contributed by atoms with Gasteiger partial charge in [0.15, 0.2) is 18.2 Å². The zero-order chi connectivity index (χ0) is 23.5. The van der Waals surface area contributed by atoms with Crippen LogP contribution in [0.3, 0.4) is 0 Å². The summed E-state index contributed by atoms with van der Waals surface area (Å²) in [5.74, 6) is 1.20. The lowest BCUT2D eigenvalue weighted by Gasteiger charge is -2.08. The predicted octanol–water partition coefficient (Wildman–Crippen LogP) is 2.96. The molecule has 2 aromatic heterocycles. The quantitative estimate of drug-likeness (QED) is 0.454. The Morgan fingerprint density at radius 2 is 1.85 bits per heavy atom. The van der Waals surface area contributed by atoms with Crippen LogP contribution in [0.1, 0.15) is 10.4 Å². The number of anilines is 1. The minimum atomic E-state index is -0.270. The number of aryl methyl sites for hydroxylation is 2. The van der Waals surface area contributed by atoms with E-state index < -0.39 is 0 Å². The summed E-state index contributed by atoms with van der Waals surface area (Å²) in [4.78, 5) is 29.3. The highest BCUT2D eigenvalue weighted by Gasteiger charge is 2.24. The molecule has 2 amide bonds. The van der Waals surface area contributed by atoms with Gasteiger partial charge >= 0.3 is 0 Å². The number of methoxy groups -OCH3 is 1. The van der Waals surface area contributed by atoms with Gasteiger partial charge in [0, 0.05) is 33.0 Å². The molecule has 2 heterocycles. The number of fused-ring (bicyclic) bond motifs is 1. The van der Waals surface area contributed by atoms with Crippen molar-refractivity contribution in [1.29, 1.82) is 0 Å². The van der Waals surface area contributed by atoms with Gasteiger partial charge in [-0.25, -0.2) is 4.98 Å². The normalized spacial score (nSPS) is 10.8. The maximum Gasteiger partial charge on any atom is 0.262 e. The third-order valence-corrected chi connectivity index (χ3v) is 5.30. The van der Waals surface area contributed by atoms with Crippen LogP contribution in [0.15, 0.2) is 54.7 Å². The summed E-state index contributed by atoms with van der Waals surface area (Å²) in [5, 5.41) is 5.46. The Morgan fingerprint density at radius 3 is 2.55 bits per heavy atom. The molecule has 4 aromatic rings. The van der Waals surface area contributed by atoms with E-state index in [1.807, 2.05) is 53.6 Å². The van der Waals surface area contributed by atoms with Gasteiger partial charge in [-0.15, -0.1) is 0 Å². The summed E-state index contributed by atoms with van der Waals surface area (Å²) >= 11 is 0. The summed E-state index contributed by atoms with van der Waals surface area (Å²) in [5.41, 5.74) is 3.28. The van der Waals surface area contributed by atoms with E-state index in [9.17, 15) is 9.59 Å². The van der Waals surface area contributed by atoms with Crippen molar-refractivity contribution in [3.63, 3.8) is 0 Å². The topological polar surface area (TPSA) is 99.4 Å².